The van der Waals surface area contributed by atoms with Crippen LogP contribution in [0.15, 0.2) is 24.3 Å². The first kappa shape index (κ1) is 13.4. The molecular weight excluding hydrogens is 218 g/mol. The molecule has 1 rings (SSSR count). The topological polar surface area (TPSA) is 21.3 Å². The van der Waals surface area contributed by atoms with Crippen LogP contribution in [0, 0.1) is 0 Å². The van der Waals surface area contributed by atoms with Crippen molar-refractivity contribution in [2.75, 3.05) is 25.7 Å². The molecule has 0 aromatic heterocycles. The number of methoxy groups -OCH3 is 1. The third kappa shape index (κ3) is 3.72. The highest BCUT2D eigenvalue weighted by Gasteiger charge is 2.12. The van der Waals surface area contributed by atoms with Gasteiger partial charge in [-0.25, -0.2) is 0 Å². The maximum absolute atomic E-state index is 5.39. The van der Waals surface area contributed by atoms with E-state index in [9.17, 15) is 0 Å². The molecule has 0 aliphatic heterocycles. The van der Waals surface area contributed by atoms with Gasteiger partial charge in [0.1, 0.15) is 5.75 Å². The highest BCUT2D eigenvalue weighted by Crippen LogP contribution is 2.26. The van der Waals surface area contributed by atoms with Crippen molar-refractivity contribution in [3.05, 3.63) is 29.8 Å². The van der Waals surface area contributed by atoms with Crippen LogP contribution in [0.3, 0.4) is 0 Å². The van der Waals surface area contributed by atoms with Gasteiger partial charge < -0.3 is 10.1 Å². The lowest BCUT2D eigenvalue weighted by atomic mass is 10.0. The first-order valence-corrected chi connectivity index (χ1v) is 7.08. The van der Waals surface area contributed by atoms with Crippen molar-refractivity contribution >= 4 is 11.8 Å². The average Bonchev–Trinajstić information content (AvgIpc) is 2.35. The Hall–Kier alpha value is -0.670. The molecule has 2 nitrogen and oxygen atoms in total. The van der Waals surface area contributed by atoms with Gasteiger partial charge >= 0.3 is 0 Å². The number of hydrogen-bond acceptors (Lipinski definition) is 3. The summed E-state index contributed by atoms with van der Waals surface area (Å²) in [5, 5.41) is 3.56. The first-order chi connectivity index (χ1) is 7.83. The molecule has 90 valence electrons. The van der Waals surface area contributed by atoms with Crippen LogP contribution in [0.1, 0.15) is 24.9 Å². The zero-order valence-electron chi connectivity index (χ0n) is 10.3. The SMILES string of the molecule is CCC(NCCSC)c1ccccc1OC. The number of para-hydroxylation sites is 1. The van der Waals surface area contributed by atoms with E-state index in [-0.39, 0.29) is 0 Å². The normalized spacial score (nSPS) is 12.4. The summed E-state index contributed by atoms with van der Waals surface area (Å²) < 4.78 is 5.39. The van der Waals surface area contributed by atoms with E-state index in [4.69, 9.17) is 4.74 Å². The Kier molecular flexibility index (Phi) is 6.34. The Bertz CT molecular complexity index is 304. The average molecular weight is 239 g/mol. The van der Waals surface area contributed by atoms with Gasteiger partial charge in [-0.15, -0.1) is 0 Å². The fourth-order valence-electron chi connectivity index (χ4n) is 1.76. The zero-order chi connectivity index (χ0) is 11.8. The van der Waals surface area contributed by atoms with Crippen LogP contribution in [0.2, 0.25) is 0 Å². The molecule has 0 heterocycles. The van der Waals surface area contributed by atoms with Gasteiger partial charge in [0.15, 0.2) is 0 Å². The molecule has 0 aliphatic rings. The van der Waals surface area contributed by atoms with Gasteiger partial charge in [0.2, 0.25) is 0 Å². The number of hydrogen-bond donors (Lipinski definition) is 1. The highest BCUT2D eigenvalue weighted by molar-refractivity contribution is 7.98. The molecule has 16 heavy (non-hydrogen) atoms. The molecule has 1 atom stereocenters. The number of thioether (sulfide) groups is 1. The summed E-state index contributed by atoms with van der Waals surface area (Å²) in [6.45, 7) is 3.24. The second-order valence-corrected chi connectivity index (χ2v) is 4.64. The van der Waals surface area contributed by atoms with Gasteiger partial charge in [0.05, 0.1) is 7.11 Å². The lowest BCUT2D eigenvalue weighted by molar-refractivity contribution is 0.398. The van der Waals surface area contributed by atoms with E-state index in [0.29, 0.717) is 6.04 Å². The Morgan fingerprint density at radius 1 is 1.38 bits per heavy atom. The Labute approximate surface area is 103 Å². The Morgan fingerprint density at radius 2 is 2.12 bits per heavy atom. The lowest BCUT2D eigenvalue weighted by Gasteiger charge is -2.19. The minimum atomic E-state index is 0.392. The molecule has 0 aliphatic carbocycles. The Morgan fingerprint density at radius 3 is 2.75 bits per heavy atom. The maximum Gasteiger partial charge on any atom is 0.123 e. The molecule has 3 heteroatoms. The van der Waals surface area contributed by atoms with Gasteiger partial charge in [0, 0.05) is 23.9 Å². The molecule has 1 unspecified atom stereocenters. The molecule has 0 spiro atoms. The monoisotopic (exact) mass is 239 g/mol. The van der Waals surface area contributed by atoms with Crippen LogP contribution in [0.25, 0.3) is 0 Å². The van der Waals surface area contributed by atoms with Crippen LogP contribution >= 0.6 is 11.8 Å². The smallest absolute Gasteiger partial charge is 0.123 e. The molecule has 0 saturated heterocycles. The van der Waals surface area contributed by atoms with Gasteiger partial charge in [-0.2, -0.15) is 11.8 Å². The van der Waals surface area contributed by atoms with Crippen LogP contribution < -0.4 is 10.1 Å². The second kappa shape index (κ2) is 7.58. The fourth-order valence-corrected chi connectivity index (χ4v) is 2.09. The molecule has 0 saturated carbocycles. The summed E-state index contributed by atoms with van der Waals surface area (Å²) in [5.41, 5.74) is 1.26. The predicted molar refractivity (Wildman–Crippen MR) is 72.4 cm³/mol. The van der Waals surface area contributed by atoms with Gasteiger partial charge in [-0.05, 0) is 18.7 Å². The number of ether oxygens (including phenoxy) is 1. The molecule has 0 bridgehead atoms. The van der Waals surface area contributed by atoms with Gasteiger partial charge in [-0.3, -0.25) is 0 Å². The highest BCUT2D eigenvalue weighted by atomic mass is 32.2. The largest absolute Gasteiger partial charge is 0.496 e. The maximum atomic E-state index is 5.39. The van der Waals surface area contributed by atoms with Crippen LogP contribution in [-0.2, 0) is 0 Å². The summed E-state index contributed by atoms with van der Waals surface area (Å²) in [4.78, 5) is 0. The molecule has 1 N–H and O–H groups in total. The minimum absolute atomic E-state index is 0.392. The summed E-state index contributed by atoms with van der Waals surface area (Å²) in [6.07, 6.45) is 3.21. The summed E-state index contributed by atoms with van der Waals surface area (Å²) in [5.74, 6) is 2.12. The van der Waals surface area contributed by atoms with Crippen LogP contribution in [-0.4, -0.2) is 25.7 Å². The van der Waals surface area contributed by atoms with Crippen molar-refractivity contribution in [2.45, 2.75) is 19.4 Å². The Balaban J connectivity index is 2.69. The summed E-state index contributed by atoms with van der Waals surface area (Å²) in [6, 6.07) is 8.63. The van der Waals surface area contributed by atoms with E-state index in [0.717, 1.165) is 24.5 Å². The third-order valence-corrected chi connectivity index (χ3v) is 3.23. The van der Waals surface area contributed by atoms with Crippen molar-refractivity contribution in [1.82, 2.24) is 5.32 Å². The quantitative estimate of drug-likeness (QED) is 0.739. The van der Waals surface area contributed by atoms with Crippen molar-refractivity contribution < 1.29 is 4.74 Å². The van der Waals surface area contributed by atoms with Crippen molar-refractivity contribution in [3.63, 3.8) is 0 Å². The minimum Gasteiger partial charge on any atom is -0.496 e. The van der Waals surface area contributed by atoms with E-state index in [1.165, 1.54) is 5.56 Å². The second-order valence-electron chi connectivity index (χ2n) is 3.65. The van der Waals surface area contributed by atoms with Crippen LogP contribution in [0.5, 0.6) is 5.75 Å². The molecular formula is C13H21NOS. The zero-order valence-corrected chi connectivity index (χ0v) is 11.1. The van der Waals surface area contributed by atoms with E-state index >= 15 is 0 Å². The standard InChI is InChI=1S/C13H21NOS/c1-4-12(14-9-10-16-3)11-7-5-6-8-13(11)15-2/h5-8,12,14H,4,9-10H2,1-3H3. The predicted octanol–water partition coefficient (Wildman–Crippen LogP) is 3.10. The van der Waals surface area contributed by atoms with Crippen molar-refractivity contribution in [1.29, 1.82) is 0 Å². The van der Waals surface area contributed by atoms with E-state index in [1.807, 2.05) is 23.9 Å². The molecule has 1 aromatic carbocycles. The summed E-state index contributed by atoms with van der Waals surface area (Å²) in [7, 11) is 1.73. The molecule has 0 amide bonds. The fraction of sp³-hybridized carbons (Fsp3) is 0.538. The summed E-state index contributed by atoms with van der Waals surface area (Å²) >= 11 is 1.87. The number of benzene rings is 1. The lowest BCUT2D eigenvalue weighted by Crippen LogP contribution is -2.23. The number of nitrogens with one attached hydrogen (secondary N) is 1. The van der Waals surface area contributed by atoms with Crippen LogP contribution in [0.4, 0.5) is 0 Å². The van der Waals surface area contributed by atoms with Gasteiger partial charge in [0.25, 0.3) is 0 Å². The van der Waals surface area contributed by atoms with E-state index in [1.54, 1.807) is 7.11 Å². The van der Waals surface area contributed by atoms with E-state index < -0.39 is 0 Å². The first-order valence-electron chi connectivity index (χ1n) is 5.68. The van der Waals surface area contributed by atoms with E-state index in [2.05, 4.69) is 30.6 Å². The third-order valence-electron chi connectivity index (χ3n) is 2.62. The van der Waals surface area contributed by atoms with Gasteiger partial charge in [-0.1, -0.05) is 25.1 Å². The molecule has 0 radical (unpaired) electrons. The molecule has 1 aromatic rings. The number of rotatable bonds is 7. The van der Waals surface area contributed by atoms with Crippen molar-refractivity contribution in [3.8, 4) is 5.75 Å². The molecule has 0 fully saturated rings. The van der Waals surface area contributed by atoms with Crippen molar-refractivity contribution in [2.24, 2.45) is 0 Å².